The first-order valence-corrected chi connectivity index (χ1v) is 9.33. The molecular formula is C18H35FO6. The van der Waals surface area contributed by atoms with Gasteiger partial charge in [-0.1, -0.05) is 32.6 Å². The first-order valence-electron chi connectivity index (χ1n) is 9.33. The fraction of sp³-hybridized carbons (Fsp3) is 0.944. The molecule has 0 heterocycles. The lowest BCUT2D eigenvalue weighted by molar-refractivity contribution is -0.145. The van der Waals surface area contributed by atoms with Gasteiger partial charge in [0.1, 0.15) is 13.3 Å². The molecule has 0 aromatic rings. The summed E-state index contributed by atoms with van der Waals surface area (Å²) in [7, 11) is 0. The predicted octanol–water partition coefficient (Wildman–Crippen LogP) is 2.93. The molecule has 0 unspecified atom stereocenters. The van der Waals surface area contributed by atoms with Crippen LogP contribution in [0, 0.1) is 0 Å². The van der Waals surface area contributed by atoms with Crippen molar-refractivity contribution >= 4 is 5.97 Å². The number of esters is 1. The molecule has 0 aromatic carbocycles. The topological polar surface area (TPSA) is 63.2 Å². The van der Waals surface area contributed by atoms with Crippen molar-refractivity contribution in [3.63, 3.8) is 0 Å². The average Bonchev–Trinajstić information content (AvgIpc) is 2.62. The Morgan fingerprint density at radius 2 is 1.16 bits per heavy atom. The first kappa shape index (κ1) is 24.2. The fourth-order valence-corrected chi connectivity index (χ4v) is 1.98. The molecule has 0 saturated carbocycles. The highest BCUT2D eigenvalue weighted by molar-refractivity contribution is 5.69. The van der Waals surface area contributed by atoms with Crippen molar-refractivity contribution in [3.05, 3.63) is 0 Å². The molecule has 0 fully saturated rings. The van der Waals surface area contributed by atoms with Crippen LogP contribution in [0.4, 0.5) is 4.39 Å². The van der Waals surface area contributed by atoms with Gasteiger partial charge in [0.2, 0.25) is 0 Å². The van der Waals surface area contributed by atoms with Crippen LogP contribution < -0.4 is 0 Å². The molecule has 0 amide bonds. The summed E-state index contributed by atoms with van der Waals surface area (Å²) in [5, 5.41) is 0. The Labute approximate surface area is 151 Å². The molecule has 25 heavy (non-hydrogen) atoms. The normalized spacial score (nSPS) is 11.0. The number of hydrogen-bond acceptors (Lipinski definition) is 6. The van der Waals surface area contributed by atoms with Crippen molar-refractivity contribution in [1.29, 1.82) is 0 Å². The second-order valence-corrected chi connectivity index (χ2v) is 5.52. The summed E-state index contributed by atoms with van der Waals surface area (Å²) in [5.74, 6) is -0.149. The third-order valence-corrected chi connectivity index (χ3v) is 3.31. The highest BCUT2D eigenvalue weighted by Gasteiger charge is 2.02. The van der Waals surface area contributed by atoms with Crippen LogP contribution in [0.2, 0.25) is 0 Å². The Kier molecular flexibility index (Phi) is 20.6. The predicted molar refractivity (Wildman–Crippen MR) is 93.6 cm³/mol. The molecule has 0 aromatic heterocycles. The number of carbonyl (C=O) groups excluding carboxylic acids is 1. The van der Waals surface area contributed by atoms with Crippen molar-refractivity contribution in [2.75, 3.05) is 66.1 Å². The Bertz CT molecular complexity index is 278. The maximum absolute atomic E-state index is 11.7. The lowest BCUT2D eigenvalue weighted by Crippen LogP contribution is -2.14. The van der Waals surface area contributed by atoms with Crippen LogP contribution in [0.1, 0.15) is 45.4 Å². The van der Waals surface area contributed by atoms with Gasteiger partial charge in [-0.15, -0.1) is 0 Å². The molecule has 150 valence electrons. The minimum atomic E-state index is -0.471. The van der Waals surface area contributed by atoms with Gasteiger partial charge in [0.15, 0.2) is 0 Å². The highest BCUT2D eigenvalue weighted by Crippen LogP contribution is 2.05. The van der Waals surface area contributed by atoms with E-state index in [1.54, 1.807) is 0 Å². The van der Waals surface area contributed by atoms with E-state index in [1.807, 2.05) is 0 Å². The number of alkyl halides is 1. The van der Waals surface area contributed by atoms with Crippen LogP contribution in [-0.4, -0.2) is 72.1 Å². The zero-order valence-electron chi connectivity index (χ0n) is 15.6. The lowest BCUT2D eigenvalue weighted by Gasteiger charge is -2.08. The van der Waals surface area contributed by atoms with E-state index in [4.69, 9.17) is 23.7 Å². The van der Waals surface area contributed by atoms with E-state index in [2.05, 4.69) is 6.92 Å². The van der Waals surface area contributed by atoms with Crippen LogP contribution in [0.5, 0.6) is 0 Å². The van der Waals surface area contributed by atoms with Gasteiger partial charge < -0.3 is 23.7 Å². The van der Waals surface area contributed by atoms with Gasteiger partial charge >= 0.3 is 5.97 Å². The zero-order chi connectivity index (χ0) is 18.4. The number of rotatable bonds is 20. The number of carbonyl (C=O) groups is 1. The van der Waals surface area contributed by atoms with Crippen molar-refractivity contribution in [3.8, 4) is 0 Å². The Balaban J connectivity index is 3.09. The maximum atomic E-state index is 11.7. The molecule has 0 aliphatic rings. The monoisotopic (exact) mass is 366 g/mol. The molecule has 0 aliphatic carbocycles. The lowest BCUT2D eigenvalue weighted by atomic mass is 10.1. The van der Waals surface area contributed by atoms with Crippen LogP contribution in [-0.2, 0) is 28.5 Å². The number of unbranched alkanes of at least 4 members (excludes halogenated alkanes) is 4. The molecule has 7 heteroatoms. The second kappa shape index (κ2) is 21.3. The molecule has 0 rings (SSSR count). The van der Waals surface area contributed by atoms with Gasteiger partial charge in [0, 0.05) is 6.42 Å². The van der Waals surface area contributed by atoms with Crippen LogP contribution in [0.25, 0.3) is 0 Å². The summed E-state index contributed by atoms with van der Waals surface area (Å²) in [6, 6.07) is 0. The maximum Gasteiger partial charge on any atom is 0.305 e. The molecule has 0 saturated heterocycles. The molecule has 0 atom stereocenters. The minimum absolute atomic E-state index is 0.117. The van der Waals surface area contributed by atoms with Crippen molar-refractivity contribution in [2.24, 2.45) is 0 Å². The highest BCUT2D eigenvalue weighted by atomic mass is 19.1. The molecular weight excluding hydrogens is 331 g/mol. The first-order chi connectivity index (χ1) is 12.3. The smallest absolute Gasteiger partial charge is 0.305 e. The quantitative estimate of drug-likeness (QED) is 0.244. The van der Waals surface area contributed by atoms with E-state index >= 15 is 0 Å². The van der Waals surface area contributed by atoms with Crippen molar-refractivity contribution in [1.82, 2.24) is 0 Å². The Morgan fingerprint density at radius 1 is 0.680 bits per heavy atom. The van der Waals surface area contributed by atoms with E-state index in [0.29, 0.717) is 52.7 Å². The molecule has 0 bridgehead atoms. The number of hydrogen-bond donors (Lipinski definition) is 0. The summed E-state index contributed by atoms with van der Waals surface area (Å²) in [6.45, 7) is 5.17. The number of ether oxygens (including phenoxy) is 5. The largest absolute Gasteiger partial charge is 0.463 e. The van der Waals surface area contributed by atoms with E-state index < -0.39 is 6.67 Å². The van der Waals surface area contributed by atoms with Gasteiger partial charge in [-0.25, -0.2) is 4.39 Å². The van der Waals surface area contributed by atoms with Gasteiger partial charge in [0.05, 0.1) is 52.9 Å². The van der Waals surface area contributed by atoms with Crippen LogP contribution in [0.3, 0.4) is 0 Å². The molecule has 0 N–H and O–H groups in total. The van der Waals surface area contributed by atoms with Gasteiger partial charge in [-0.3, -0.25) is 4.79 Å². The summed E-state index contributed by atoms with van der Waals surface area (Å²) in [5.41, 5.74) is 0. The third-order valence-electron chi connectivity index (χ3n) is 3.31. The van der Waals surface area contributed by atoms with E-state index in [9.17, 15) is 9.18 Å². The average molecular weight is 366 g/mol. The summed E-state index contributed by atoms with van der Waals surface area (Å²) >= 11 is 0. The second-order valence-electron chi connectivity index (χ2n) is 5.52. The molecule has 0 spiro atoms. The summed E-state index contributed by atoms with van der Waals surface area (Å²) < 4.78 is 37.6. The van der Waals surface area contributed by atoms with E-state index in [-0.39, 0.29) is 19.2 Å². The number of halogens is 1. The Morgan fingerprint density at radius 3 is 1.68 bits per heavy atom. The van der Waals surface area contributed by atoms with E-state index in [1.165, 1.54) is 19.3 Å². The molecule has 6 nitrogen and oxygen atoms in total. The summed E-state index contributed by atoms with van der Waals surface area (Å²) in [4.78, 5) is 11.5. The Hall–Kier alpha value is -0.760. The van der Waals surface area contributed by atoms with Crippen molar-refractivity contribution in [2.45, 2.75) is 45.4 Å². The SMILES string of the molecule is CCCCCCCC(=O)OCCOCCOCCOCCOCCF. The van der Waals surface area contributed by atoms with Gasteiger partial charge in [0.25, 0.3) is 0 Å². The van der Waals surface area contributed by atoms with Crippen LogP contribution >= 0.6 is 0 Å². The van der Waals surface area contributed by atoms with E-state index in [0.717, 1.165) is 12.8 Å². The zero-order valence-corrected chi connectivity index (χ0v) is 15.6. The minimum Gasteiger partial charge on any atom is -0.463 e. The van der Waals surface area contributed by atoms with Crippen molar-refractivity contribution < 1.29 is 32.9 Å². The molecule has 0 aliphatic heterocycles. The third kappa shape index (κ3) is 21.2. The van der Waals surface area contributed by atoms with Gasteiger partial charge in [-0.2, -0.15) is 0 Å². The molecule has 0 radical (unpaired) electrons. The van der Waals surface area contributed by atoms with Crippen LogP contribution in [0.15, 0.2) is 0 Å². The fourth-order valence-electron chi connectivity index (χ4n) is 1.98. The standard InChI is InChI=1S/C18H35FO6/c1-2-3-4-5-6-7-18(20)25-17-16-24-15-14-23-13-12-22-11-10-21-9-8-19/h2-17H2,1H3. The summed E-state index contributed by atoms with van der Waals surface area (Å²) in [6.07, 6.45) is 6.10. The van der Waals surface area contributed by atoms with Gasteiger partial charge in [-0.05, 0) is 6.42 Å².